The van der Waals surface area contributed by atoms with Crippen LogP contribution < -0.4 is 20.7 Å². The average molecular weight is 395 g/mol. The lowest BCUT2D eigenvalue weighted by molar-refractivity contribution is -0.274. The first-order valence-electron chi connectivity index (χ1n) is 8.91. The summed E-state index contributed by atoms with van der Waals surface area (Å²) >= 11 is 0. The Balaban J connectivity index is 1.69. The van der Waals surface area contributed by atoms with Gasteiger partial charge in [0.05, 0.1) is 0 Å². The topological polar surface area (TPSA) is 70.6 Å². The molecule has 2 aromatic rings. The molecule has 0 radical (unpaired) electrons. The van der Waals surface area contributed by atoms with Gasteiger partial charge in [-0.3, -0.25) is 4.99 Å². The molecular weight excluding hydrogens is 371 g/mol. The maximum Gasteiger partial charge on any atom is 0.573 e. The molecule has 28 heavy (non-hydrogen) atoms. The third-order valence-electron chi connectivity index (χ3n) is 3.74. The minimum Gasteiger partial charge on any atom is -0.405 e. The second kappa shape index (κ2) is 11.0. The molecule has 0 bridgehead atoms. The van der Waals surface area contributed by atoms with E-state index in [0.717, 1.165) is 25.2 Å². The summed E-state index contributed by atoms with van der Waals surface area (Å²) in [5.74, 6) is 1.13. The third kappa shape index (κ3) is 8.15. The van der Waals surface area contributed by atoms with Crippen molar-refractivity contribution in [3.8, 4) is 5.75 Å². The maximum absolute atomic E-state index is 12.5. The van der Waals surface area contributed by atoms with Gasteiger partial charge in [-0.1, -0.05) is 24.3 Å². The molecule has 0 saturated heterocycles. The quantitative estimate of drug-likeness (QED) is 0.344. The fourth-order valence-corrected chi connectivity index (χ4v) is 2.41. The zero-order chi connectivity index (χ0) is 20.2. The van der Waals surface area contributed by atoms with Gasteiger partial charge in [-0.2, -0.15) is 0 Å². The van der Waals surface area contributed by atoms with E-state index in [1.807, 2.05) is 18.2 Å². The molecule has 9 heteroatoms. The molecule has 0 amide bonds. The first-order valence-corrected chi connectivity index (χ1v) is 8.91. The van der Waals surface area contributed by atoms with E-state index in [1.54, 1.807) is 25.4 Å². The van der Waals surface area contributed by atoms with Gasteiger partial charge in [-0.05, 0) is 31.0 Å². The van der Waals surface area contributed by atoms with Gasteiger partial charge in [-0.25, -0.2) is 4.98 Å². The highest BCUT2D eigenvalue weighted by Gasteiger charge is 2.31. The standard InChI is InChI=1S/C19H24F3N5O/c1-23-18(26-13-7-6-12-25-17-10-4-5-11-24-17)27-14-15-8-2-3-9-16(15)28-19(20,21)22/h2-5,8-11H,6-7,12-14H2,1H3,(H,24,25)(H2,23,26,27). The van der Waals surface area contributed by atoms with Crippen LogP contribution in [0.4, 0.5) is 19.0 Å². The van der Waals surface area contributed by atoms with Crippen LogP contribution in [0.25, 0.3) is 0 Å². The van der Waals surface area contributed by atoms with E-state index in [-0.39, 0.29) is 12.3 Å². The molecule has 0 unspecified atom stereocenters. The summed E-state index contributed by atoms with van der Waals surface area (Å²) in [5.41, 5.74) is 0.391. The number of aliphatic imine (C=N–C) groups is 1. The molecule has 0 spiro atoms. The Morgan fingerprint density at radius 1 is 1.04 bits per heavy atom. The Morgan fingerprint density at radius 2 is 1.79 bits per heavy atom. The van der Waals surface area contributed by atoms with Crippen LogP contribution in [-0.4, -0.2) is 37.4 Å². The van der Waals surface area contributed by atoms with Crippen molar-refractivity contribution in [3.05, 3.63) is 54.2 Å². The van der Waals surface area contributed by atoms with Crippen LogP contribution >= 0.6 is 0 Å². The number of pyridine rings is 1. The Labute approximate surface area is 162 Å². The summed E-state index contributed by atoms with van der Waals surface area (Å²) in [4.78, 5) is 8.26. The second-order valence-electron chi connectivity index (χ2n) is 5.86. The molecule has 1 aromatic carbocycles. The molecule has 6 nitrogen and oxygen atoms in total. The van der Waals surface area contributed by atoms with Gasteiger partial charge < -0.3 is 20.7 Å². The molecule has 0 aliphatic rings. The van der Waals surface area contributed by atoms with Crippen molar-refractivity contribution in [1.29, 1.82) is 0 Å². The van der Waals surface area contributed by atoms with Crippen LogP contribution in [0.1, 0.15) is 18.4 Å². The Bertz CT molecular complexity index is 738. The number of ether oxygens (including phenoxy) is 1. The number of aromatic nitrogens is 1. The normalized spacial score (nSPS) is 11.8. The zero-order valence-electron chi connectivity index (χ0n) is 15.6. The van der Waals surface area contributed by atoms with Gasteiger partial charge in [-0.15, -0.1) is 13.2 Å². The maximum atomic E-state index is 12.5. The van der Waals surface area contributed by atoms with Gasteiger partial charge in [0.2, 0.25) is 0 Å². The number of benzene rings is 1. The van der Waals surface area contributed by atoms with Crippen molar-refractivity contribution in [1.82, 2.24) is 15.6 Å². The van der Waals surface area contributed by atoms with Crippen LogP contribution in [0.5, 0.6) is 5.75 Å². The average Bonchev–Trinajstić information content (AvgIpc) is 2.67. The Morgan fingerprint density at radius 3 is 2.50 bits per heavy atom. The molecule has 0 fully saturated rings. The summed E-state index contributed by atoms with van der Waals surface area (Å²) in [6.07, 6.45) is -1.16. The second-order valence-corrected chi connectivity index (χ2v) is 5.86. The van der Waals surface area contributed by atoms with Crippen LogP contribution in [-0.2, 0) is 6.54 Å². The fraction of sp³-hybridized carbons (Fsp3) is 0.368. The molecule has 1 heterocycles. The van der Waals surface area contributed by atoms with E-state index in [1.165, 1.54) is 12.1 Å². The number of nitrogens with one attached hydrogen (secondary N) is 3. The van der Waals surface area contributed by atoms with E-state index >= 15 is 0 Å². The molecule has 0 saturated carbocycles. The largest absolute Gasteiger partial charge is 0.573 e. The number of nitrogens with zero attached hydrogens (tertiary/aromatic N) is 2. The van der Waals surface area contributed by atoms with Gasteiger partial charge in [0.25, 0.3) is 0 Å². The van der Waals surface area contributed by atoms with Gasteiger partial charge in [0.1, 0.15) is 11.6 Å². The highest BCUT2D eigenvalue weighted by molar-refractivity contribution is 5.79. The van der Waals surface area contributed by atoms with Crippen molar-refractivity contribution in [2.75, 3.05) is 25.5 Å². The molecule has 2 rings (SSSR count). The number of anilines is 1. The summed E-state index contributed by atoms with van der Waals surface area (Å²) < 4.78 is 41.5. The lowest BCUT2D eigenvalue weighted by Gasteiger charge is -2.15. The first kappa shape index (κ1) is 21.3. The van der Waals surface area contributed by atoms with Gasteiger partial charge in [0.15, 0.2) is 5.96 Å². The number of hydrogen-bond acceptors (Lipinski definition) is 4. The number of hydrogen-bond donors (Lipinski definition) is 3. The molecule has 3 N–H and O–H groups in total. The highest BCUT2D eigenvalue weighted by atomic mass is 19.4. The summed E-state index contributed by atoms with van der Waals surface area (Å²) in [7, 11) is 1.61. The molecule has 0 aliphatic heterocycles. The predicted octanol–water partition coefficient (Wildman–Crippen LogP) is 3.54. The first-order chi connectivity index (χ1) is 13.5. The SMILES string of the molecule is CN=C(NCCCCNc1ccccn1)NCc1ccccc1OC(F)(F)F. The van der Waals surface area contributed by atoms with E-state index in [0.29, 0.717) is 18.1 Å². The zero-order valence-corrected chi connectivity index (χ0v) is 15.6. The third-order valence-corrected chi connectivity index (χ3v) is 3.74. The Hall–Kier alpha value is -2.97. The van der Waals surface area contributed by atoms with Crippen molar-refractivity contribution in [3.63, 3.8) is 0 Å². The number of rotatable bonds is 9. The molecule has 0 aliphatic carbocycles. The molecule has 152 valence electrons. The lowest BCUT2D eigenvalue weighted by Crippen LogP contribution is -2.37. The number of unbranched alkanes of at least 4 members (excludes halogenated alkanes) is 1. The summed E-state index contributed by atoms with van der Waals surface area (Å²) in [5, 5.41) is 9.36. The van der Waals surface area contributed by atoms with Gasteiger partial charge in [0, 0.05) is 38.4 Å². The number of halogens is 3. The highest BCUT2D eigenvalue weighted by Crippen LogP contribution is 2.25. The smallest absolute Gasteiger partial charge is 0.405 e. The molecular formula is C19H24F3N5O. The van der Waals surface area contributed by atoms with Crippen molar-refractivity contribution >= 4 is 11.8 Å². The van der Waals surface area contributed by atoms with Crippen molar-refractivity contribution in [2.24, 2.45) is 4.99 Å². The number of para-hydroxylation sites is 1. The number of guanidine groups is 1. The van der Waals surface area contributed by atoms with E-state index in [2.05, 4.69) is 30.7 Å². The summed E-state index contributed by atoms with van der Waals surface area (Å²) in [6.45, 7) is 1.64. The van der Waals surface area contributed by atoms with Crippen molar-refractivity contribution in [2.45, 2.75) is 25.7 Å². The van der Waals surface area contributed by atoms with Crippen molar-refractivity contribution < 1.29 is 17.9 Å². The predicted molar refractivity (Wildman–Crippen MR) is 103 cm³/mol. The van der Waals surface area contributed by atoms with Crippen LogP contribution in [0.3, 0.4) is 0 Å². The van der Waals surface area contributed by atoms with Crippen LogP contribution in [0, 0.1) is 0 Å². The van der Waals surface area contributed by atoms with E-state index < -0.39 is 6.36 Å². The lowest BCUT2D eigenvalue weighted by atomic mass is 10.2. The van der Waals surface area contributed by atoms with Crippen LogP contribution in [0.15, 0.2) is 53.7 Å². The Kier molecular flexibility index (Phi) is 8.38. The minimum atomic E-state index is -4.72. The monoisotopic (exact) mass is 395 g/mol. The fourth-order valence-electron chi connectivity index (χ4n) is 2.41. The van der Waals surface area contributed by atoms with E-state index in [4.69, 9.17) is 0 Å². The molecule has 0 atom stereocenters. The van der Waals surface area contributed by atoms with Gasteiger partial charge >= 0.3 is 6.36 Å². The molecule has 1 aromatic heterocycles. The number of alkyl halides is 3. The van der Waals surface area contributed by atoms with Crippen LogP contribution in [0.2, 0.25) is 0 Å². The van der Waals surface area contributed by atoms with E-state index in [9.17, 15) is 13.2 Å². The minimum absolute atomic E-state index is 0.160. The summed E-state index contributed by atoms with van der Waals surface area (Å²) in [6, 6.07) is 11.7.